The van der Waals surface area contributed by atoms with Crippen molar-refractivity contribution >= 4 is 10.0 Å². The van der Waals surface area contributed by atoms with Gasteiger partial charge >= 0.3 is 0 Å². The molecule has 0 atom stereocenters. The molecule has 8 heteroatoms. The van der Waals surface area contributed by atoms with Gasteiger partial charge in [0, 0.05) is 52.4 Å². The average Bonchev–Trinajstić information content (AvgIpc) is 2.82. The van der Waals surface area contributed by atoms with Gasteiger partial charge in [-0.1, -0.05) is 18.2 Å². The summed E-state index contributed by atoms with van der Waals surface area (Å²) in [5, 5.41) is 9.05. The predicted octanol–water partition coefficient (Wildman–Crippen LogP) is 2.92. The van der Waals surface area contributed by atoms with Crippen LogP contribution in [-0.2, 0) is 16.6 Å². The molecule has 2 aromatic carbocycles. The molecule has 170 valence electrons. The third kappa shape index (κ3) is 5.54. The molecule has 4 rings (SSSR count). The van der Waals surface area contributed by atoms with Crippen molar-refractivity contribution in [2.45, 2.75) is 24.3 Å². The highest BCUT2D eigenvalue weighted by molar-refractivity contribution is 7.89. The molecule has 2 aliphatic rings. The minimum atomic E-state index is -3.55. The van der Waals surface area contributed by atoms with E-state index in [-0.39, 0.29) is 10.7 Å². The van der Waals surface area contributed by atoms with Crippen LogP contribution in [0.4, 0.5) is 4.39 Å². The normalized spacial score (nSPS) is 19.6. The molecular formula is C24H29FN4O2S. The largest absolute Gasteiger partial charge is 0.301 e. The van der Waals surface area contributed by atoms with Gasteiger partial charge in [-0.15, -0.1) is 0 Å². The van der Waals surface area contributed by atoms with E-state index in [1.54, 1.807) is 22.5 Å². The van der Waals surface area contributed by atoms with Gasteiger partial charge in [-0.3, -0.25) is 4.90 Å². The number of sulfonamides is 1. The van der Waals surface area contributed by atoms with E-state index in [2.05, 4.69) is 9.80 Å². The van der Waals surface area contributed by atoms with Crippen molar-refractivity contribution in [1.82, 2.24) is 14.1 Å². The van der Waals surface area contributed by atoms with E-state index in [1.165, 1.54) is 18.2 Å². The van der Waals surface area contributed by atoms with Gasteiger partial charge in [0.15, 0.2) is 0 Å². The second kappa shape index (κ2) is 10.1. The van der Waals surface area contributed by atoms with Gasteiger partial charge in [0.2, 0.25) is 10.0 Å². The van der Waals surface area contributed by atoms with E-state index in [0.717, 1.165) is 57.7 Å². The standard InChI is InChI=1S/C24H29FN4O2S/c25-23-6-4-20(5-7-23)18-27-12-14-28(15-13-27)19-21-8-10-29(11-9-21)32(30,31)24-3-1-2-22(16-24)17-26/h1-7,16,21H,8-15,18-19H2. The smallest absolute Gasteiger partial charge is 0.243 e. The van der Waals surface area contributed by atoms with Gasteiger partial charge in [0.1, 0.15) is 5.82 Å². The van der Waals surface area contributed by atoms with Gasteiger partial charge in [-0.25, -0.2) is 12.8 Å². The molecule has 0 amide bonds. The average molecular weight is 457 g/mol. The van der Waals surface area contributed by atoms with Gasteiger partial charge in [-0.05, 0) is 54.7 Å². The number of rotatable bonds is 6. The fraction of sp³-hybridized carbons (Fsp3) is 0.458. The number of hydrogen-bond acceptors (Lipinski definition) is 5. The number of benzene rings is 2. The van der Waals surface area contributed by atoms with Crippen LogP contribution in [0.5, 0.6) is 0 Å². The minimum Gasteiger partial charge on any atom is -0.301 e. The summed E-state index contributed by atoms with van der Waals surface area (Å²) in [4.78, 5) is 5.08. The fourth-order valence-corrected chi connectivity index (χ4v) is 6.07. The molecular weight excluding hydrogens is 427 g/mol. The second-order valence-corrected chi connectivity index (χ2v) is 10.6. The summed E-state index contributed by atoms with van der Waals surface area (Å²) in [5.41, 5.74) is 1.49. The molecule has 0 aliphatic carbocycles. The Morgan fingerprint density at radius 1 is 0.938 bits per heavy atom. The molecule has 0 unspecified atom stereocenters. The van der Waals surface area contributed by atoms with Crippen LogP contribution < -0.4 is 0 Å². The van der Waals surface area contributed by atoms with Crippen LogP contribution in [0.15, 0.2) is 53.4 Å². The number of halogens is 1. The SMILES string of the molecule is N#Cc1cccc(S(=O)(=O)N2CCC(CN3CCN(Cc4ccc(F)cc4)CC3)CC2)c1. The molecule has 0 saturated carbocycles. The topological polar surface area (TPSA) is 67.6 Å². The predicted molar refractivity (Wildman–Crippen MR) is 121 cm³/mol. The van der Waals surface area contributed by atoms with Crippen LogP contribution >= 0.6 is 0 Å². The Morgan fingerprint density at radius 3 is 2.25 bits per heavy atom. The fourth-order valence-electron chi connectivity index (χ4n) is 4.55. The molecule has 2 heterocycles. The third-order valence-corrected chi connectivity index (χ3v) is 8.37. The molecule has 0 bridgehead atoms. The first kappa shape index (κ1) is 22.9. The minimum absolute atomic E-state index is 0.201. The molecule has 6 nitrogen and oxygen atoms in total. The maximum absolute atomic E-state index is 13.1. The summed E-state index contributed by atoms with van der Waals surface area (Å²) in [7, 11) is -3.55. The molecule has 2 saturated heterocycles. The van der Waals surface area contributed by atoms with Crippen LogP contribution in [0.25, 0.3) is 0 Å². The number of piperidine rings is 1. The Bertz CT molecular complexity index is 1050. The molecule has 2 aliphatic heterocycles. The highest BCUT2D eigenvalue weighted by Gasteiger charge is 2.30. The summed E-state index contributed by atoms with van der Waals surface area (Å²) in [5.74, 6) is 0.295. The van der Waals surface area contributed by atoms with Gasteiger partial charge in [0.25, 0.3) is 0 Å². The van der Waals surface area contributed by atoms with Crippen LogP contribution in [-0.4, -0.2) is 68.3 Å². The van der Waals surface area contributed by atoms with E-state index < -0.39 is 10.0 Å². The Kier molecular flexibility index (Phi) is 7.21. The van der Waals surface area contributed by atoms with Crippen LogP contribution in [0.3, 0.4) is 0 Å². The Balaban J connectivity index is 1.23. The first-order chi connectivity index (χ1) is 15.4. The molecule has 32 heavy (non-hydrogen) atoms. The Labute approximate surface area is 189 Å². The summed E-state index contributed by atoms with van der Waals surface area (Å²) in [6.45, 7) is 6.86. The lowest BCUT2D eigenvalue weighted by molar-refractivity contribution is 0.102. The van der Waals surface area contributed by atoms with Crippen molar-refractivity contribution in [1.29, 1.82) is 5.26 Å². The number of nitrogens with zero attached hydrogens (tertiary/aromatic N) is 4. The number of piperazine rings is 1. The van der Waals surface area contributed by atoms with Gasteiger partial charge in [0.05, 0.1) is 16.5 Å². The Hall–Kier alpha value is -2.31. The van der Waals surface area contributed by atoms with Gasteiger partial charge in [-0.2, -0.15) is 9.57 Å². The lowest BCUT2D eigenvalue weighted by atomic mass is 9.97. The lowest BCUT2D eigenvalue weighted by Gasteiger charge is -2.38. The first-order valence-electron chi connectivity index (χ1n) is 11.1. The molecule has 0 spiro atoms. The van der Waals surface area contributed by atoms with Crippen molar-refractivity contribution in [3.8, 4) is 6.07 Å². The van der Waals surface area contributed by atoms with Gasteiger partial charge < -0.3 is 4.90 Å². The Morgan fingerprint density at radius 2 is 1.59 bits per heavy atom. The quantitative estimate of drug-likeness (QED) is 0.669. The highest BCUT2D eigenvalue weighted by Crippen LogP contribution is 2.25. The van der Waals surface area contributed by atoms with Crippen molar-refractivity contribution in [2.75, 3.05) is 45.8 Å². The second-order valence-electron chi connectivity index (χ2n) is 8.69. The van der Waals surface area contributed by atoms with E-state index in [9.17, 15) is 12.8 Å². The molecule has 0 N–H and O–H groups in total. The van der Waals surface area contributed by atoms with E-state index >= 15 is 0 Å². The third-order valence-electron chi connectivity index (χ3n) is 6.48. The monoisotopic (exact) mass is 456 g/mol. The first-order valence-corrected chi connectivity index (χ1v) is 12.6. The summed E-state index contributed by atoms with van der Waals surface area (Å²) < 4.78 is 40.5. The van der Waals surface area contributed by atoms with Crippen molar-refractivity contribution in [3.05, 3.63) is 65.5 Å². The maximum atomic E-state index is 13.1. The van der Waals surface area contributed by atoms with Crippen molar-refractivity contribution < 1.29 is 12.8 Å². The van der Waals surface area contributed by atoms with Crippen molar-refractivity contribution in [2.24, 2.45) is 5.92 Å². The molecule has 2 fully saturated rings. The maximum Gasteiger partial charge on any atom is 0.243 e. The zero-order valence-electron chi connectivity index (χ0n) is 18.2. The number of hydrogen-bond donors (Lipinski definition) is 0. The van der Waals surface area contributed by atoms with E-state index in [0.29, 0.717) is 24.6 Å². The van der Waals surface area contributed by atoms with Crippen molar-refractivity contribution in [3.63, 3.8) is 0 Å². The molecule has 0 radical (unpaired) electrons. The number of nitriles is 1. The molecule has 2 aromatic rings. The van der Waals surface area contributed by atoms with Crippen LogP contribution in [0, 0.1) is 23.1 Å². The highest BCUT2D eigenvalue weighted by atomic mass is 32.2. The summed E-state index contributed by atoms with van der Waals surface area (Å²) in [6, 6.07) is 15.0. The summed E-state index contributed by atoms with van der Waals surface area (Å²) in [6.07, 6.45) is 1.71. The van der Waals surface area contributed by atoms with E-state index in [1.807, 2.05) is 18.2 Å². The van der Waals surface area contributed by atoms with E-state index in [4.69, 9.17) is 5.26 Å². The zero-order valence-corrected chi connectivity index (χ0v) is 19.0. The lowest BCUT2D eigenvalue weighted by Crippen LogP contribution is -2.48. The molecule has 0 aromatic heterocycles. The zero-order chi connectivity index (χ0) is 22.6. The summed E-state index contributed by atoms with van der Waals surface area (Å²) >= 11 is 0. The van der Waals surface area contributed by atoms with Crippen LogP contribution in [0.1, 0.15) is 24.0 Å². The van der Waals surface area contributed by atoms with Crippen LogP contribution in [0.2, 0.25) is 0 Å².